The molecule has 31 heavy (non-hydrogen) atoms. The highest BCUT2D eigenvalue weighted by molar-refractivity contribution is 5.98. The van der Waals surface area contributed by atoms with Gasteiger partial charge in [0.05, 0.1) is 17.0 Å². The van der Waals surface area contributed by atoms with E-state index in [1.54, 1.807) is 11.8 Å². The molecule has 3 amide bonds. The first-order valence-electron chi connectivity index (χ1n) is 10.0. The fraction of sp³-hybridized carbons (Fsp3) is 0.261. The van der Waals surface area contributed by atoms with Crippen molar-refractivity contribution in [2.75, 3.05) is 19.0 Å². The molecule has 0 radical (unpaired) electrons. The van der Waals surface area contributed by atoms with Gasteiger partial charge in [0, 0.05) is 25.3 Å². The van der Waals surface area contributed by atoms with Crippen molar-refractivity contribution in [2.24, 2.45) is 0 Å². The number of urea groups is 1. The summed E-state index contributed by atoms with van der Waals surface area (Å²) in [7, 11) is 1.69. The number of methoxy groups -OCH3 is 1. The van der Waals surface area contributed by atoms with E-state index in [-0.39, 0.29) is 18.5 Å². The van der Waals surface area contributed by atoms with Gasteiger partial charge in [0.25, 0.3) is 0 Å². The first-order chi connectivity index (χ1) is 14.9. The molecule has 0 spiro atoms. The molecule has 1 saturated heterocycles. The Hall–Kier alpha value is -3.65. The van der Waals surface area contributed by atoms with E-state index >= 15 is 0 Å². The van der Waals surface area contributed by atoms with Crippen molar-refractivity contribution in [1.29, 1.82) is 0 Å². The fourth-order valence-corrected chi connectivity index (χ4v) is 3.41. The molecule has 2 aromatic carbocycles. The number of ether oxygens (including phenoxy) is 1. The maximum Gasteiger partial charge on any atom is 0.315 e. The van der Waals surface area contributed by atoms with Gasteiger partial charge in [-0.25, -0.2) is 9.48 Å². The maximum atomic E-state index is 12.5. The van der Waals surface area contributed by atoms with E-state index in [1.807, 2.05) is 68.4 Å². The van der Waals surface area contributed by atoms with Crippen molar-refractivity contribution < 1.29 is 14.3 Å². The zero-order valence-electron chi connectivity index (χ0n) is 17.7. The van der Waals surface area contributed by atoms with Crippen LogP contribution in [0.15, 0.2) is 60.7 Å². The number of amides is 3. The molecule has 4 rings (SSSR count). The van der Waals surface area contributed by atoms with Gasteiger partial charge in [-0.1, -0.05) is 36.4 Å². The van der Waals surface area contributed by atoms with Gasteiger partial charge >= 0.3 is 6.03 Å². The molecule has 0 saturated carbocycles. The van der Waals surface area contributed by atoms with Gasteiger partial charge in [-0.05, 0) is 37.6 Å². The van der Waals surface area contributed by atoms with E-state index < -0.39 is 11.6 Å². The van der Waals surface area contributed by atoms with Gasteiger partial charge in [0.2, 0.25) is 5.91 Å². The zero-order valence-corrected chi connectivity index (χ0v) is 17.7. The van der Waals surface area contributed by atoms with Gasteiger partial charge in [-0.3, -0.25) is 4.79 Å². The number of rotatable bonds is 6. The van der Waals surface area contributed by atoms with Crippen molar-refractivity contribution in [3.63, 3.8) is 0 Å². The Balaban J connectivity index is 1.72. The molecular weight excluding hydrogens is 394 g/mol. The maximum absolute atomic E-state index is 12.5. The first kappa shape index (κ1) is 20.6. The van der Waals surface area contributed by atoms with Crippen LogP contribution in [0, 0.1) is 0 Å². The molecule has 1 fully saturated rings. The van der Waals surface area contributed by atoms with E-state index in [2.05, 4.69) is 27.1 Å². The van der Waals surface area contributed by atoms with Crippen LogP contribution in [0.2, 0.25) is 0 Å². The van der Waals surface area contributed by atoms with Crippen LogP contribution in [0.5, 0.6) is 0 Å². The second-order valence-corrected chi connectivity index (χ2v) is 7.85. The van der Waals surface area contributed by atoms with E-state index in [0.717, 1.165) is 22.5 Å². The largest absolute Gasteiger partial charge is 0.374 e. The number of nitrogens with one attached hydrogen (secondary N) is 3. The topological polar surface area (TPSA) is 97.3 Å². The predicted octanol–water partition coefficient (Wildman–Crippen LogP) is 3.04. The third-order valence-corrected chi connectivity index (χ3v) is 5.41. The molecule has 1 aliphatic rings. The van der Waals surface area contributed by atoms with Gasteiger partial charge in [-0.2, -0.15) is 0 Å². The Bertz CT molecular complexity index is 1110. The number of hydrogen-bond donors (Lipinski definition) is 3. The Labute approximate surface area is 180 Å². The molecule has 2 heterocycles. The third-order valence-electron chi connectivity index (χ3n) is 5.41. The number of aromatic nitrogens is 2. The summed E-state index contributed by atoms with van der Waals surface area (Å²) >= 11 is 0. The summed E-state index contributed by atoms with van der Waals surface area (Å²) in [4.78, 5) is 23.9. The molecule has 8 heteroatoms. The highest BCUT2D eigenvalue weighted by atomic mass is 16.5. The first-order valence-corrected chi connectivity index (χ1v) is 10.0. The molecule has 8 nitrogen and oxygen atoms in total. The Morgan fingerprint density at radius 3 is 2.61 bits per heavy atom. The van der Waals surface area contributed by atoms with Crippen LogP contribution in [-0.2, 0) is 15.1 Å². The minimum absolute atomic E-state index is 0.241. The standard InChI is InChI=1S/C23H25N5O3/c1-23(2,31-3)16-9-7-8-15(12-16)19-13-20(26-21(29)18-14-24-22(30)25-18)27-28(19)17-10-5-4-6-11-17/h4-13,18H,14H2,1-3H3,(H2,24,25,30)(H,26,27,29)/t18-/m1/s1. The average Bonchev–Trinajstić information content (AvgIpc) is 3.41. The summed E-state index contributed by atoms with van der Waals surface area (Å²) in [5.74, 6) is 0.0817. The molecule has 3 aromatic rings. The van der Waals surface area contributed by atoms with E-state index in [1.165, 1.54) is 0 Å². The van der Waals surface area contributed by atoms with E-state index in [4.69, 9.17) is 4.74 Å². The molecule has 1 atom stereocenters. The van der Waals surface area contributed by atoms with Gasteiger partial charge in [0.1, 0.15) is 6.04 Å². The van der Waals surface area contributed by atoms with Crippen LogP contribution < -0.4 is 16.0 Å². The summed E-state index contributed by atoms with van der Waals surface area (Å²) in [6.07, 6.45) is 0. The van der Waals surface area contributed by atoms with Crippen LogP contribution in [0.25, 0.3) is 16.9 Å². The monoisotopic (exact) mass is 419 g/mol. The quantitative estimate of drug-likeness (QED) is 0.572. The van der Waals surface area contributed by atoms with Crippen LogP contribution in [0.3, 0.4) is 0 Å². The van der Waals surface area contributed by atoms with Crippen molar-refractivity contribution in [3.8, 4) is 16.9 Å². The van der Waals surface area contributed by atoms with Crippen molar-refractivity contribution in [2.45, 2.75) is 25.5 Å². The summed E-state index contributed by atoms with van der Waals surface area (Å²) in [5, 5.41) is 12.6. The smallest absolute Gasteiger partial charge is 0.315 e. The summed E-state index contributed by atoms with van der Waals surface area (Å²) in [6, 6.07) is 18.6. The lowest BCUT2D eigenvalue weighted by molar-refractivity contribution is -0.117. The molecule has 1 aliphatic heterocycles. The lowest BCUT2D eigenvalue weighted by Gasteiger charge is -2.24. The fourth-order valence-electron chi connectivity index (χ4n) is 3.41. The minimum atomic E-state index is -0.636. The van der Waals surface area contributed by atoms with Gasteiger partial charge in [-0.15, -0.1) is 5.10 Å². The van der Waals surface area contributed by atoms with Gasteiger partial charge in [0.15, 0.2) is 5.82 Å². The average molecular weight is 419 g/mol. The van der Waals surface area contributed by atoms with Crippen molar-refractivity contribution >= 4 is 17.8 Å². The number of para-hydroxylation sites is 1. The lowest BCUT2D eigenvalue weighted by atomic mass is 9.95. The van der Waals surface area contributed by atoms with Crippen LogP contribution >= 0.6 is 0 Å². The number of benzene rings is 2. The normalized spacial score (nSPS) is 16.0. The number of hydrogen-bond acceptors (Lipinski definition) is 4. The number of carbonyl (C=O) groups excluding carboxylic acids is 2. The van der Waals surface area contributed by atoms with Crippen LogP contribution in [0.4, 0.5) is 10.6 Å². The van der Waals surface area contributed by atoms with Gasteiger partial charge < -0.3 is 20.7 Å². The summed E-state index contributed by atoms with van der Waals surface area (Å²) in [6.45, 7) is 4.26. The SMILES string of the molecule is COC(C)(C)c1cccc(-c2cc(NC(=O)[C@H]3CNC(=O)N3)nn2-c2ccccc2)c1. The molecule has 0 aliphatic carbocycles. The van der Waals surface area contributed by atoms with Crippen LogP contribution in [0.1, 0.15) is 19.4 Å². The Morgan fingerprint density at radius 1 is 1.16 bits per heavy atom. The second-order valence-electron chi connectivity index (χ2n) is 7.85. The highest BCUT2D eigenvalue weighted by Gasteiger charge is 2.28. The number of anilines is 1. The summed E-state index contributed by atoms with van der Waals surface area (Å²) < 4.78 is 7.42. The summed E-state index contributed by atoms with van der Waals surface area (Å²) in [5.41, 5.74) is 3.21. The Kier molecular flexibility index (Phi) is 5.48. The predicted molar refractivity (Wildman–Crippen MR) is 118 cm³/mol. The van der Waals surface area contributed by atoms with Crippen LogP contribution in [-0.4, -0.2) is 41.4 Å². The van der Waals surface area contributed by atoms with E-state index in [9.17, 15) is 9.59 Å². The lowest BCUT2D eigenvalue weighted by Crippen LogP contribution is -2.38. The molecule has 0 unspecified atom stereocenters. The molecule has 160 valence electrons. The molecule has 3 N–H and O–H groups in total. The van der Waals surface area contributed by atoms with E-state index in [0.29, 0.717) is 5.82 Å². The van der Waals surface area contributed by atoms with Crippen molar-refractivity contribution in [1.82, 2.24) is 20.4 Å². The molecular formula is C23H25N5O3. The second kappa shape index (κ2) is 8.23. The highest BCUT2D eigenvalue weighted by Crippen LogP contribution is 2.31. The van der Waals surface area contributed by atoms with Crippen molar-refractivity contribution in [3.05, 3.63) is 66.2 Å². The minimum Gasteiger partial charge on any atom is -0.374 e. The molecule has 0 bridgehead atoms. The Morgan fingerprint density at radius 2 is 1.94 bits per heavy atom. The number of nitrogens with zero attached hydrogens (tertiary/aromatic N) is 2. The zero-order chi connectivity index (χ0) is 22.0. The number of carbonyl (C=O) groups is 2. The third kappa shape index (κ3) is 4.29. The molecule has 1 aromatic heterocycles.